The summed E-state index contributed by atoms with van der Waals surface area (Å²) in [5.41, 5.74) is 5.97. The standard InChI is InChI=1S/C19H18/c1-4-7-16(5-2)18-8-6-9-19(14-18)17-12-10-15(3)11-13-17/h4-14H,1-2H2,3H3/b16-7+. The Balaban J connectivity index is 2.44. The van der Waals surface area contributed by atoms with E-state index < -0.39 is 0 Å². The van der Waals surface area contributed by atoms with Gasteiger partial charge in [0.1, 0.15) is 0 Å². The highest BCUT2D eigenvalue weighted by atomic mass is 14.1. The molecule has 0 spiro atoms. The Labute approximate surface area is 115 Å². The minimum absolute atomic E-state index is 1.09. The molecule has 0 nitrogen and oxygen atoms in total. The van der Waals surface area contributed by atoms with E-state index >= 15 is 0 Å². The van der Waals surface area contributed by atoms with Crippen molar-refractivity contribution in [1.29, 1.82) is 0 Å². The van der Waals surface area contributed by atoms with Gasteiger partial charge in [0, 0.05) is 0 Å². The molecular weight excluding hydrogens is 228 g/mol. The first-order valence-corrected chi connectivity index (χ1v) is 6.37. The maximum absolute atomic E-state index is 3.85. The van der Waals surface area contributed by atoms with Crippen LogP contribution in [0.25, 0.3) is 16.7 Å². The summed E-state index contributed by atoms with van der Waals surface area (Å²) in [5.74, 6) is 0. The monoisotopic (exact) mass is 246 g/mol. The Bertz CT molecular complexity index is 613. The molecule has 0 bridgehead atoms. The zero-order chi connectivity index (χ0) is 13.7. The summed E-state index contributed by atoms with van der Waals surface area (Å²) in [6, 6.07) is 17.1. The highest BCUT2D eigenvalue weighted by molar-refractivity contribution is 5.78. The van der Waals surface area contributed by atoms with Gasteiger partial charge in [-0.3, -0.25) is 0 Å². The molecule has 0 saturated carbocycles. The van der Waals surface area contributed by atoms with Gasteiger partial charge in [-0.05, 0) is 35.3 Å². The summed E-state index contributed by atoms with van der Waals surface area (Å²) < 4.78 is 0. The molecule has 2 aromatic carbocycles. The van der Waals surface area contributed by atoms with Gasteiger partial charge in [-0.15, -0.1) is 0 Å². The highest BCUT2D eigenvalue weighted by Crippen LogP contribution is 2.24. The van der Waals surface area contributed by atoms with E-state index in [0.29, 0.717) is 0 Å². The Morgan fingerprint density at radius 1 is 0.947 bits per heavy atom. The second-order valence-electron chi connectivity index (χ2n) is 4.51. The maximum atomic E-state index is 3.85. The lowest BCUT2D eigenvalue weighted by molar-refractivity contribution is 1.47. The van der Waals surface area contributed by atoms with Crippen LogP contribution in [0.5, 0.6) is 0 Å². The molecule has 0 atom stereocenters. The van der Waals surface area contributed by atoms with Crippen molar-refractivity contribution < 1.29 is 0 Å². The molecule has 0 aromatic heterocycles. The quantitative estimate of drug-likeness (QED) is 0.632. The second kappa shape index (κ2) is 6.01. The molecule has 0 aliphatic heterocycles. The molecule has 0 amide bonds. The van der Waals surface area contributed by atoms with Crippen molar-refractivity contribution in [3.8, 4) is 11.1 Å². The predicted octanol–water partition coefficient (Wildman–Crippen LogP) is 5.42. The molecule has 0 heterocycles. The average Bonchev–Trinajstić information content (AvgIpc) is 2.45. The first-order valence-electron chi connectivity index (χ1n) is 6.37. The van der Waals surface area contributed by atoms with Crippen LogP contribution in [-0.4, -0.2) is 0 Å². The molecule has 0 aliphatic carbocycles. The van der Waals surface area contributed by atoms with Gasteiger partial charge < -0.3 is 0 Å². The molecule has 0 saturated heterocycles. The zero-order valence-corrected chi connectivity index (χ0v) is 11.3. The van der Waals surface area contributed by atoms with Gasteiger partial charge in [-0.25, -0.2) is 0 Å². The van der Waals surface area contributed by atoms with E-state index in [-0.39, 0.29) is 0 Å². The fourth-order valence-electron chi connectivity index (χ4n) is 2.03. The number of allylic oxidation sites excluding steroid dienone is 4. The van der Waals surface area contributed by atoms with Crippen LogP contribution in [0.2, 0.25) is 0 Å². The fourth-order valence-corrected chi connectivity index (χ4v) is 2.03. The number of aryl methyl sites for hydroxylation is 1. The molecule has 2 aromatic rings. The van der Waals surface area contributed by atoms with Crippen molar-refractivity contribution in [1.82, 2.24) is 0 Å². The molecule has 0 heteroatoms. The van der Waals surface area contributed by atoms with E-state index in [1.165, 1.54) is 16.7 Å². The van der Waals surface area contributed by atoms with Crippen LogP contribution in [0.3, 0.4) is 0 Å². The molecule has 2 rings (SSSR count). The topological polar surface area (TPSA) is 0 Å². The third-order valence-corrected chi connectivity index (χ3v) is 3.10. The molecule has 94 valence electrons. The van der Waals surface area contributed by atoms with E-state index in [1.54, 1.807) is 6.08 Å². The Hall–Kier alpha value is -2.34. The molecule has 0 radical (unpaired) electrons. The van der Waals surface area contributed by atoms with Crippen LogP contribution in [0.15, 0.2) is 79.9 Å². The summed E-state index contributed by atoms with van der Waals surface area (Å²) in [6.45, 7) is 9.69. The Kier molecular flexibility index (Phi) is 4.15. The van der Waals surface area contributed by atoms with E-state index in [1.807, 2.05) is 12.2 Å². The summed E-state index contributed by atoms with van der Waals surface area (Å²) in [6.07, 6.45) is 5.62. The van der Waals surface area contributed by atoms with Crippen LogP contribution >= 0.6 is 0 Å². The van der Waals surface area contributed by atoms with Gasteiger partial charge in [0.25, 0.3) is 0 Å². The molecule has 0 fully saturated rings. The maximum Gasteiger partial charge on any atom is -0.0178 e. The predicted molar refractivity (Wildman–Crippen MR) is 85.0 cm³/mol. The summed E-state index contributed by atoms with van der Waals surface area (Å²) in [5, 5.41) is 0. The van der Waals surface area contributed by atoms with Gasteiger partial charge >= 0.3 is 0 Å². The summed E-state index contributed by atoms with van der Waals surface area (Å²) in [7, 11) is 0. The normalized spacial score (nSPS) is 11.1. The minimum atomic E-state index is 1.09. The van der Waals surface area contributed by atoms with E-state index in [9.17, 15) is 0 Å². The van der Waals surface area contributed by atoms with E-state index in [4.69, 9.17) is 0 Å². The number of hydrogen-bond acceptors (Lipinski definition) is 0. The van der Waals surface area contributed by atoms with Gasteiger partial charge in [0.2, 0.25) is 0 Å². The fraction of sp³-hybridized carbons (Fsp3) is 0.0526. The number of hydrogen-bond donors (Lipinski definition) is 0. The van der Waals surface area contributed by atoms with E-state index in [0.717, 1.165) is 11.1 Å². The summed E-state index contributed by atoms with van der Waals surface area (Å²) in [4.78, 5) is 0. The van der Waals surface area contributed by atoms with Gasteiger partial charge in [0.05, 0.1) is 0 Å². The first kappa shape index (κ1) is 13.1. The van der Waals surface area contributed by atoms with Crippen LogP contribution in [0.4, 0.5) is 0 Å². The van der Waals surface area contributed by atoms with Gasteiger partial charge in [-0.2, -0.15) is 0 Å². The van der Waals surface area contributed by atoms with Crippen molar-refractivity contribution in [2.45, 2.75) is 6.92 Å². The lowest BCUT2D eigenvalue weighted by Gasteiger charge is -2.06. The van der Waals surface area contributed by atoms with Crippen LogP contribution < -0.4 is 0 Å². The van der Waals surface area contributed by atoms with Crippen LogP contribution in [0, 0.1) is 6.92 Å². The SMILES string of the molecule is C=C/C=C(\C=C)c1cccc(-c2ccc(C)cc2)c1. The third-order valence-electron chi connectivity index (χ3n) is 3.10. The van der Waals surface area contributed by atoms with Crippen molar-refractivity contribution in [3.05, 3.63) is 91.0 Å². The lowest BCUT2D eigenvalue weighted by Crippen LogP contribution is -1.84. The molecule has 0 unspecified atom stereocenters. The second-order valence-corrected chi connectivity index (χ2v) is 4.51. The van der Waals surface area contributed by atoms with Crippen molar-refractivity contribution >= 4 is 5.57 Å². The van der Waals surface area contributed by atoms with Crippen molar-refractivity contribution in [2.24, 2.45) is 0 Å². The first-order chi connectivity index (χ1) is 9.24. The van der Waals surface area contributed by atoms with E-state index in [2.05, 4.69) is 68.6 Å². The van der Waals surface area contributed by atoms with Crippen molar-refractivity contribution in [3.63, 3.8) is 0 Å². The lowest BCUT2D eigenvalue weighted by atomic mass is 9.98. The largest absolute Gasteiger partial charge is 0.0990 e. The highest BCUT2D eigenvalue weighted by Gasteiger charge is 2.01. The van der Waals surface area contributed by atoms with Gasteiger partial charge in [-0.1, -0.05) is 79.4 Å². The molecule has 19 heavy (non-hydrogen) atoms. The third kappa shape index (κ3) is 3.11. The smallest absolute Gasteiger partial charge is 0.0178 e. The molecule has 0 N–H and O–H groups in total. The Morgan fingerprint density at radius 3 is 2.32 bits per heavy atom. The minimum Gasteiger partial charge on any atom is -0.0990 e. The average molecular weight is 246 g/mol. The zero-order valence-electron chi connectivity index (χ0n) is 11.3. The van der Waals surface area contributed by atoms with Crippen LogP contribution in [0.1, 0.15) is 11.1 Å². The number of rotatable bonds is 4. The molecular formula is C19H18. The van der Waals surface area contributed by atoms with Crippen molar-refractivity contribution in [2.75, 3.05) is 0 Å². The summed E-state index contributed by atoms with van der Waals surface area (Å²) >= 11 is 0. The molecule has 0 aliphatic rings. The Morgan fingerprint density at radius 2 is 1.68 bits per heavy atom. The van der Waals surface area contributed by atoms with Gasteiger partial charge in [0.15, 0.2) is 0 Å². The van der Waals surface area contributed by atoms with Crippen LogP contribution in [-0.2, 0) is 0 Å². The number of benzene rings is 2.